The first kappa shape index (κ1) is 6.93. The van der Waals surface area contributed by atoms with E-state index in [4.69, 9.17) is 5.41 Å². The molecule has 0 aliphatic rings. The minimum absolute atomic E-state index is 0.811. The number of nitrogens with one attached hydrogen (secondary N) is 1. The second kappa shape index (κ2) is 3.77. The average Bonchev–Trinajstić information content (AvgIpc) is 2.03. The second-order valence-corrected chi connectivity index (χ2v) is 2.10. The summed E-state index contributed by atoms with van der Waals surface area (Å²) in [6, 6.07) is 3.94. The van der Waals surface area contributed by atoms with E-state index in [-0.39, 0.29) is 0 Å². The van der Waals surface area contributed by atoms with Crippen molar-refractivity contribution in [3.63, 3.8) is 0 Å². The van der Waals surface area contributed by atoms with E-state index in [0.29, 0.717) is 0 Å². The normalized spacial score (nSPS) is 9.20. The van der Waals surface area contributed by atoms with Crippen molar-refractivity contribution in [2.75, 3.05) is 0 Å². The Hall–Kier alpha value is -1.18. The molecule has 52 valence electrons. The number of hydrogen-bond donors (Lipinski definition) is 1. The van der Waals surface area contributed by atoms with E-state index < -0.39 is 0 Å². The fourth-order valence-electron chi connectivity index (χ4n) is 0.785. The molecule has 0 aliphatic carbocycles. The average molecular weight is 134 g/mol. The zero-order chi connectivity index (χ0) is 7.23. The first-order valence-corrected chi connectivity index (χ1v) is 3.31. The van der Waals surface area contributed by atoms with Crippen LogP contribution in [0, 0.1) is 5.41 Å². The summed E-state index contributed by atoms with van der Waals surface area (Å²) in [6.07, 6.45) is 6.76. The predicted octanol–water partition coefficient (Wildman–Crippen LogP) is 1.66. The van der Waals surface area contributed by atoms with Gasteiger partial charge in [-0.2, -0.15) is 0 Å². The quantitative estimate of drug-likeness (QED) is 0.627. The van der Waals surface area contributed by atoms with Crippen LogP contribution in [0.25, 0.3) is 0 Å². The molecule has 0 unspecified atom stereocenters. The van der Waals surface area contributed by atoms with Crippen molar-refractivity contribution in [3.05, 3.63) is 30.1 Å². The maximum absolute atomic E-state index is 6.81. The van der Waals surface area contributed by atoms with Crippen molar-refractivity contribution >= 4 is 6.21 Å². The molecule has 2 nitrogen and oxygen atoms in total. The van der Waals surface area contributed by atoms with Crippen molar-refractivity contribution in [2.45, 2.75) is 12.8 Å². The maximum atomic E-state index is 6.81. The molecular formula is C8H10N2. The lowest BCUT2D eigenvalue weighted by atomic mass is 10.2. The number of nitrogens with zero attached hydrogens (tertiary/aromatic N) is 1. The molecule has 0 aromatic carbocycles. The predicted molar refractivity (Wildman–Crippen MR) is 41.3 cm³/mol. The summed E-state index contributed by atoms with van der Waals surface area (Å²) in [7, 11) is 0. The van der Waals surface area contributed by atoms with Crippen LogP contribution in [0.4, 0.5) is 0 Å². The Balaban J connectivity index is 2.50. The smallest absolute Gasteiger partial charge is 0.0299 e. The van der Waals surface area contributed by atoms with Gasteiger partial charge in [0.25, 0.3) is 0 Å². The molecule has 0 saturated carbocycles. The molecule has 1 N–H and O–H groups in total. The molecule has 0 saturated heterocycles. The molecule has 1 heterocycles. The van der Waals surface area contributed by atoms with Crippen molar-refractivity contribution < 1.29 is 0 Å². The molecule has 0 atom stereocenters. The SMILES string of the molecule is N=CCCc1cccnc1. The highest BCUT2D eigenvalue weighted by molar-refractivity contribution is 5.53. The minimum atomic E-state index is 0.811. The molecule has 1 aromatic heterocycles. The summed E-state index contributed by atoms with van der Waals surface area (Å²) in [4.78, 5) is 3.96. The third kappa shape index (κ3) is 1.97. The summed E-state index contributed by atoms with van der Waals surface area (Å²) < 4.78 is 0. The van der Waals surface area contributed by atoms with Gasteiger partial charge in [-0.25, -0.2) is 0 Å². The van der Waals surface area contributed by atoms with Gasteiger partial charge in [0.2, 0.25) is 0 Å². The van der Waals surface area contributed by atoms with Gasteiger partial charge in [-0.3, -0.25) is 4.98 Å². The highest BCUT2D eigenvalue weighted by atomic mass is 14.6. The van der Waals surface area contributed by atoms with Crippen molar-refractivity contribution in [3.8, 4) is 0 Å². The minimum Gasteiger partial charge on any atom is -0.313 e. The molecule has 0 amide bonds. The molecule has 10 heavy (non-hydrogen) atoms. The summed E-state index contributed by atoms with van der Waals surface area (Å²) in [5.41, 5.74) is 1.20. The molecule has 1 aromatic rings. The van der Waals surface area contributed by atoms with Gasteiger partial charge in [0, 0.05) is 12.4 Å². The van der Waals surface area contributed by atoms with E-state index >= 15 is 0 Å². The summed E-state index contributed by atoms with van der Waals surface area (Å²) in [5.74, 6) is 0. The Morgan fingerprint density at radius 2 is 2.50 bits per heavy atom. The maximum Gasteiger partial charge on any atom is 0.0299 e. The Kier molecular flexibility index (Phi) is 2.62. The van der Waals surface area contributed by atoms with Crippen LogP contribution in [0.1, 0.15) is 12.0 Å². The van der Waals surface area contributed by atoms with Crippen molar-refractivity contribution in [2.24, 2.45) is 0 Å². The lowest BCUT2D eigenvalue weighted by Gasteiger charge is -1.93. The number of aromatic nitrogens is 1. The fourth-order valence-corrected chi connectivity index (χ4v) is 0.785. The van der Waals surface area contributed by atoms with E-state index in [1.807, 2.05) is 18.3 Å². The van der Waals surface area contributed by atoms with Crippen LogP contribution in [-0.2, 0) is 6.42 Å². The van der Waals surface area contributed by atoms with Crippen LogP contribution in [0.15, 0.2) is 24.5 Å². The van der Waals surface area contributed by atoms with Gasteiger partial charge in [0.1, 0.15) is 0 Å². The topological polar surface area (TPSA) is 36.7 Å². The molecule has 0 aliphatic heterocycles. The van der Waals surface area contributed by atoms with E-state index in [9.17, 15) is 0 Å². The highest BCUT2D eigenvalue weighted by Crippen LogP contribution is 1.97. The summed E-state index contributed by atoms with van der Waals surface area (Å²) >= 11 is 0. The molecule has 1 rings (SSSR count). The lowest BCUT2D eigenvalue weighted by molar-refractivity contribution is 1.03. The van der Waals surface area contributed by atoms with E-state index in [1.54, 1.807) is 6.20 Å². The Morgan fingerprint density at radius 1 is 1.60 bits per heavy atom. The van der Waals surface area contributed by atoms with Crippen LogP contribution >= 0.6 is 0 Å². The van der Waals surface area contributed by atoms with Gasteiger partial charge in [-0.1, -0.05) is 6.07 Å². The zero-order valence-corrected chi connectivity index (χ0v) is 5.75. The fraction of sp³-hybridized carbons (Fsp3) is 0.250. The summed E-state index contributed by atoms with van der Waals surface area (Å²) in [5, 5.41) is 6.81. The van der Waals surface area contributed by atoms with Gasteiger partial charge in [0.05, 0.1) is 0 Å². The van der Waals surface area contributed by atoms with Crippen molar-refractivity contribution in [1.29, 1.82) is 5.41 Å². The number of hydrogen-bond acceptors (Lipinski definition) is 2. The molecule has 0 bridgehead atoms. The van der Waals surface area contributed by atoms with Crippen molar-refractivity contribution in [1.82, 2.24) is 4.98 Å². The van der Waals surface area contributed by atoms with E-state index in [0.717, 1.165) is 12.8 Å². The number of pyridine rings is 1. The Labute approximate surface area is 60.4 Å². The molecule has 0 radical (unpaired) electrons. The first-order chi connectivity index (χ1) is 4.93. The van der Waals surface area contributed by atoms with Gasteiger partial charge < -0.3 is 5.41 Å². The van der Waals surface area contributed by atoms with Gasteiger partial charge in [-0.05, 0) is 30.7 Å². The van der Waals surface area contributed by atoms with Gasteiger partial charge in [0.15, 0.2) is 0 Å². The van der Waals surface area contributed by atoms with E-state index in [1.165, 1.54) is 11.8 Å². The lowest BCUT2D eigenvalue weighted by Crippen LogP contribution is -1.85. The summed E-state index contributed by atoms with van der Waals surface area (Å²) in [6.45, 7) is 0. The Morgan fingerprint density at radius 3 is 3.10 bits per heavy atom. The standard InChI is InChI=1S/C8H10N2/c9-5-1-3-8-4-2-6-10-7-8/h2,4-7,9H,1,3H2. The largest absolute Gasteiger partial charge is 0.313 e. The molecule has 0 spiro atoms. The number of aryl methyl sites for hydroxylation is 1. The van der Waals surface area contributed by atoms with Gasteiger partial charge in [-0.15, -0.1) is 0 Å². The van der Waals surface area contributed by atoms with Gasteiger partial charge >= 0.3 is 0 Å². The molecule has 0 fully saturated rings. The van der Waals surface area contributed by atoms with E-state index in [2.05, 4.69) is 4.98 Å². The van der Waals surface area contributed by atoms with Crippen LogP contribution in [0.2, 0.25) is 0 Å². The molecular weight excluding hydrogens is 124 g/mol. The third-order valence-electron chi connectivity index (χ3n) is 1.30. The van der Waals surface area contributed by atoms with Crippen LogP contribution < -0.4 is 0 Å². The highest BCUT2D eigenvalue weighted by Gasteiger charge is 1.87. The van der Waals surface area contributed by atoms with Crippen LogP contribution in [0.3, 0.4) is 0 Å². The van der Waals surface area contributed by atoms with Crippen LogP contribution in [-0.4, -0.2) is 11.2 Å². The number of rotatable bonds is 3. The Bertz CT molecular complexity index is 194. The third-order valence-corrected chi connectivity index (χ3v) is 1.30. The zero-order valence-electron chi connectivity index (χ0n) is 5.75. The second-order valence-electron chi connectivity index (χ2n) is 2.10. The molecule has 2 heteroatoms. The first-order valence-electron chi connectivity index (χ1n) is 3.31. The monoisotopic (exact) mass is 134 g/mol. The van der Waals surface area contributed by atoms with Crippen LogP contribution in [0.5, 0.6) is 0 Å².